The Balaban J connectivity index is 1.67. The van der Waals surface area contributed by atoms with E-state index in [0.29, 0.717) is 17.2 Å². The molecule has 0 atom stereocenters. The number of carbonyl (C=O) groups is 1. The molecule has 0 aliphatic rings. The van der Waals surface area contributed by atoms with Gasteiger partial charge in [0, 0.05) is 41.6 Å². The summed E-state index contributed by atoms with van der Waals surface area (Å²) in [6, 6.07) is 10.7. The molecule has 0 fully saturated rings. The minimum atomic E-state index is -4.50. The highest BCUT2D eigenvalue weighted by Crippen LogP contribution is 2.35. The highest BCUT2D eigenvalue weighted by Gasteiger charge is 2.33. The zero-order valence-corrected chi connectivity index (χ0v) is 18.1. The first-order valence-corrected chi connectivity index (χ1v) is 10.1. The molecule has 0 unspecified atom stereocenters. The smallest absolute Gasteiger partial charge is 0.357 e. The topological polar surface area (TPSA) is 79.8 Å². The number of fused-ring (bicyclic) bond motifs is 1. The van der Waals surface area contributed by atoms with E-state index in [1.165, 1.54) is 19.1 Å². The second-order valence-corrected chi connectivity index (χ2v) is 7.54. The van der Waals surface area contributed by atoms with Crippen molar-refractivity contribution in [2.75, 3.05) is 17.7 Å². The van der Waals surface area contributed by atoms with Gasteiger partial charge in [-0.2, -0.15) is 18.2 Å². The Hall–Kier alpha value is -4.01. The van der Waals surface area contributed by atoms with Gasteiger partial charge < -0.3 is 10.6 Å². The van der Waals surface area contributed by atoms with E-state index in [-0.39, 0.29) is 11.3 Å². The fourth-order valence-electron chi connectivity index (χ4n) is 3.54. The van der Waals surface area contributed by atoms with E-state index >= 15 is 0 Å². The first-order chi connectivity index (χ1) is 15.7. The standard InChI is InChI=1S/C24H20F3N5O/c1-13-7-8-15(22(33)31-20-6-4-5-19(14(20)2)24(25,26)27)10-18(13)16-9-17-12-30-23(28-3)32-21(17)29-11-16/h4-12H,1-3H3,(H,31,33)(H,28,29,30,32). The van der Waals surface area contributed by atoms with Crippen molar-refractivity contribution in [3.8, 4) is 11.1 Å². The van der Waals surface area contributed by atoms with Gasteiger partial charge in [-0.05, 0) is 60.9 Å². The molecule has 2 N–H and O–H groups in total. The summed E-state index contributed by atoms with van der Waals surface area (Å²) in [6.45, 7) is 3.24. The van der Waals surface area contributed by atoms with Crippen molar-refractivity contribution >= 4 is 28.6 Å². The minimum absolute atomic E-state index is 0.0367. The Morgan fingerprint density at radius 3 is 2.52 bits per heavy atom. The van der Waals surface area contributed by atoms with Crippen LogP contribution in [0.3, 0.4) is 0 Å². The van der Waals surface area contributed by atoms with Crippen LogP contribution in [0.5, 0.6) is 0 Å². The van der Waals surface area contributed by atoms with Crippen molar-refractivity contribution in [1.29, 1.82) is 0 Å². The lowest BCUT2D eigenvalue weighted by Crippen LogP contribution is -2.15. The summed E-state index contributed by atoms with van der Waals surface area (Å²) in [5.41, 5.74) is 2.60. The summed E-state index contributed by atoms with van der Waals surface area (Å²) < 4.78 is 39.6. The number of nitrogens with one attached hydrogen (secondary N) is 2. The molecule has 168 valence electrons. The number of halogens is 3. The molecular weight excluding hydrogens is 431 g/mol. The monoisotopic (exact) mass is 451 g/mol. The summed E-state index contributed by atoms with van der Waals surface area (Å²) in [6.07, 6.45) is -1.18. The zero-order valence-electron chi connectivity index (χ0n) is 18.1. The van der Waals surface area contributed by atoms with Crippen LogP contribution in [0.4, 0.5) is 24.8 Å². The Bertz CT molecular complexity index is 1370. The first kappa shape index (κ1) is 22.2. The molecule has 0 aliphatic carbocycles. The Morgan fingerprint density at radius 1 is 1.00 bits per heavy atom. The van der Waals surface area contributed by atoms with Gasteiger partial charge in [0.1, 0.15) is 0 Å². The molecular formula is C24H20F3N5O. The maximum atomic E-state index is 13.2. The van der Waals surface area contributed by atoms with Crippen molar-refractivity contribution in [1.82, 2.24) is 15.0 Å². The molecule has 1 amide bonds. The molecule has 0 bridgehead atoms. The third-order valence-electron chi connectivity index (χ3n) is 5.35. The van der Waals surface area contributed by atoms with E-state index in [1.807, 2.05) is 13.0 Å². The van der Waals surface area contributed by atoms with Crippen LogP contribution in [-0.2, 0) is 6.18 Å². The number of pyridine rings is 1. The van der Waals surface area contributed by atoms with Crippen LogP contribution in [0.25, 0.3) is 22.2 Å². The number of nitrogens with zero attached hydrogens (tertiary/aromatic N) is 3. The van der Waals surface area contributed by atoms with Gasteiger partial charge in [-0.25, -0.2) is 9.97 Å². The molecule has 2 heterocycles. The normalized spacial score (nSPS) is 11.5. The van der Waals surface area contributed by atoms with Crippen LogP contribution < -0.4 is 10.6 Å². The second kappa shape index (κ2) is 8.50. The molecule has 0 spiro atoms. The average Bonchev–Trinajstić information content (AvgIpc) is 2.79. The largest absolute Gasteiger partial charge is 0.416 e. The van der Waals surface area contributed by atoms with Crippen LogP contribution in [0.1, 0.15) is 27.0 Å². The van der Waals surface area contributed by atoms with Crippen molar-refractivity contribution in [3.05, 3.63) is 77.1 Å². The number of anilines is 2. The van der Waals surface area contributed by atoms with Crippen LogP contribution in [0, 0.1) is 13.8 Å². The first-order valence-electron chi connectivity index (χ1n) is 10.1. The molecule has 0 saturated carbocycles. The van der Waals surface area contributed by atoms with Gasteiger partial charge >= 0.3 is 6.18 Å². The quantitative estimate of drug-likeness (QED) is 0.421. The van der Waals surface area contributed by atoms with Gasteiger partial charge in [-0.3, -0.25) is 4.79 Å². The molecule has 4 rings (SSSR count). The SMILES string of the molecule is CNc1ncc2cc(-c3cc(C(=O)Nc4cccc(C(F)(F)F)c4C)ccc3C)cnc2n1. The van der Waals surface area contributed by atoms with E-state index in [4.69, 9.17) is 0 Å². The van der Waals surface area contributed by atoms with Gasteiger partial charge in [-0.1, -0.05) is 12.1 Å². The van der Waals surface area contributed by atoms with E-state index in [2.05, 4.69) is 25.6 Å². The molecule has 2 aromatic carbocycles. The van der Waals surface area contributed by atoms with Crippen LogP contribution in [0.2, 0.25) is 0 Å². The summed E-state index contributed by atoms with van der Waals surface area (Å²) >= 11 is 0. The lowest BCUT2D eigenvalue weighted by Gasteiger charge is -2.15. The van der Waals surface area contributed by atoms with E-state index in [9.17, 15) is 18.0 Å². The summed E-state index contributed by atoms with van der Waals surface area (Å²) in [5.74, 6) is -0.0445. The summed E-state index contributed by atoms with van der Waals surface area (Å²) in [5, 5.41) is 6.20. The number of benzene rings is 2. The number of aryl methyl sites for hydroxylation is 1. The highest BCUT2D eigenvalue weighted by molar-refractivity contribution is 6.05. The predicted octanol–water partition coefficient (Wildman–Crippen LogP) is 5.62. The molecule has 4 aromatic rings. The number of rotatable bonds is 4. The summed E-state index contributed by atoms with van der Waals surface area (Å²) in [7, 11) is 1.72. The molecule has 2 aromatic heterocycles. The van der Waals surface area contributed by atoms with E-state index in [0.717, 1.165) is 28.1 Å². The second-order valence-electron chi connectivity index (χ2n) is 7.54. The van der Waals surface area contributed by atoms with Crippen molar-refractivity contribution in [2.45, 2.75) is 20.0 Å². The molecule has 0 saturated heterocycles. The van der Waals surface area contributed by atoms with Gasteiger partial charge in [0.2, 0.25) is 5.95 Å². The fraction of sp³-hybridized carbons (Fsp3) is 0.167. The highest BCUT2D eigenvalue weighted by atomic mass is 19.4. The van der Waals surface area contributed by atoms with Crippen LogP contribution in [0.15, 0.2) is 54.9 Å². The zero-order chi connectivity index (χ0) is 23.8. The third kappa shape index (κ3) is 4.48. The number of alkyl halides is 3. The molecule has 9 heteroatoms. The van der Waals surface area contributed by atoms with Crippen molar-refractivity contribution in [3.63, 3.8) is 0 Å². The predicted molar refractivity (Wildman–Crippen MR) is 121 cm³/mol. The van der Waals surface area contributed by atoms with Crippen molar-refractivity contribution < 1.29 is 18.0 Å². The number of amides is 1. The van der Waals surface area contributed by atoms with Gasteiger partial charge in [0.25, 0.3) is 5.91 Å². The molecule has 6 nitrogen and oxygen atoms in total. The van der Waals surface area contributed by atoms with E-state index in [1.54, 1.807) is 37.6 Å². The Kier molecular flexibility index (Phi) is 5.71. The third-order valence-corrected chi connectivity index (χ3v) is 5.35. The lowest BCUT2D eigenvalue weighted by molar-refractivity contribution is -0.138. The van der Waals surface area contributed by atoms with Gasteiger partial charge in [-0.15, -0.1) is 0 Å². The summed E-state index contributed by atoms with van der Waals surface area (Å²) in [4.78, 5) is 25.8. The molecule has 0 radical (unpaired) electrons. The Morgan fingerprint density at radius 2 is 1.79 bits per heavy atom. The number of hydrogen-bond acceptors (Lipinski definition) is 5. The van der Waals surface area contributed by atoms with Crippen LogP contribution in [-0.4, -0.2) is 27.9 Å². The van der Waals surface area contributed by atoms with Gasteiger partial charge in [0.15, 0.2) is 5.65 Å². The van der Waals surface area contributed by atoms with Crippen LogP contribution >= 0.6 is 0 Å². The molecule has 0 aliphatic heterocycles. The minimum Gasteiger partial charge on any atom is -0.357 e. The van der Waals surface area contributed by atoms with Crippen molar-refractivity contribution in [2.24, 2.45) is 0 Å². The number of carbonyl (C=O) groups excluding carboxylic acids is 1. The fourth-order valence-corrected chi connectivity index (χ4v) is 3.54. The van der Waals surface area contributed by atoms with E-state index < -0.39 is 17.6 Å². The maximum absolute atomic E-state index is 13.2. The average molecular weight is 451 g/mol. The lowest BCUT2D eigenvalue weighted by atomic mass is 9.98. The Labute approximate surface area is 187 Å². The number of aromatic nitrogens is 3. The van der Waals surface area contributed by atoms with Gasteiger partial charge in [0.05, 0.1) is 5.56 Å². The number of hydrogen-bond donors (Lipinski definition) is 2. The maximum Gasteiger partial charge on any atom is 0.416 e. The molecule has 33 heavy (non-hydrogen) atoms.